The highest BCUT2D eigenvalue weighted by Gasteiger charge is 2.00. The molecule has 2 N–H and O–H groups in total. The molecular formula is C17H23N3O. The van der Waals surface area contributed by atoms with E-state index < -0.39 is 0 Å². The standard InChI is InChI=1S/C17H23N3O/c1-4-12-18-16-6-5-7-17(20-16)19-14-8-10-15(11-9-14)21-13(2)3/h5-11,13H,4,12H2,1-3H3,(H2,18,19,20). The van der Waals surface area contributed by atoms with Crippen LogP contribution in [0.3, 0.4) is 0 Å². The number of nitrogens with zero attached hydrogens (tertiary/aromatic N) is 1. The lowest BCUT2D eigenvalue weighted by Crippen LogP contribution is -2.05. The first-order chi connectivity index (χ1) is 10.2. The third-order valence-corrected chi connectivity index (χ3v) is 2.80. The third-order valence-electron chi connectivity index (χ3n) is 2.80. The van der Waals surface area contributed by atoms with E-state index in [1.54, 1.807) is 0 Å². The van der Waals surface area contributed by atoms with Crippen molar-refractivity contribution >= 4 is 17.3 Å². The van der Waals surface area contributed by atoms with Crippen LogP contribution in [-0.4, -0.2) is 17.6 Å². The van der Waals surface area contributed by atoms with Gasteiger partial charge < -0.3 is 15.4 Å². The SMILES string of the molecule is CCCNc1cccc(Nc2ccc(OC(C)C)cc2)n1. The largest absolute Gasteiger partial charge is 0.491 e. The quantitative estimate of drug-likeness (QED) is 0.789. The van der Waals surface area contributed by atoms with Crippen molar-refractivity contribution in [2.24, 2.45) is 0 Å². The zero-order chi connectivity index (χ0) is 15.1. The number of nitrogens with one attached hydrogen (secondary N) is 2. The van der Waals surface area contributed by atoms with Crippen molar-refractivity contribution in [3.05, 3.63) is 42.5 Å². The van der Waals surface area contributed by atoms with Gasteiger partial charge in [-0.05, 0) is 56.7 Å². The lowest BCUT2D eigenvalue weighted by molar-refractivity contribution is 0.242. The summed E-state index contributed by atoms with van der Waals surface area (Å²) in [5, 5.41) is 6.57. The summed E-state index contributed by atoms with van der Waals surface area (Å²) < 4.78 is 5.63. The van der Waals surface area contributed by atoms with Crippen LogP contribution < -0.4 is 15.4 Å². The van der Waals surface area contributed by atoms with Crippen LogP contribution >= 0.6 is 0 Å². The molecule has 0 spiro atoms. The second-order valence-electron chi connectivity index (χ2n) is 5.15. The number of rotatable bonds is 7. The summed E-state index contributed by atoms with van der Waals surface area (Å²) in [4.78, 5) is 4.52. The van der Waals surface area contributed by atoms with Gasteiger partial charge in [-0.3, -0.25) is 0 Å². The molecular weight excluding hydrogens is 262 g/mol. The van der Waals surface area contributed by atoms with Crippen LogP contribution in [-0.2, 0) is 0 Å². The lowest BCUT2D eigenvalue weighted by Gasteiger charge is -2.11. The first-order valence-corrected chi connectivity index (χ1v) is 7.42. The van der Waals surface area contributed by atoms with E-state index in [2.05, 4.69) is 22.5 Å². The summed E-state index contributed by atoms with van der Waals surface area (Å²) in [5.41, 5.74) is 0.992. The topological polar surface area (TPSA) is 46.2 Å². The van der Waals surface area contributed by atoms with Crippen LogP contribution in [0.2, 0.25) is 0 Å². The van der Waals surface area contributed by atoms with Crippen LogP contribution in [0.15, 0.2) is 42.5 Å². The summed E-state index contributed by atoms with van der Waals surface area (Å²) in [5.74, 6) is 2.59. The maximum atomic E-state index is 5.63. The predicted octanol–water partition coefficient (Wildman–Crippen LogP) is 4.43. The first kappa shape index (κ1) is 15.2. The number of ether oxygens (including phenoxy) is 1. The monoisotopic (exact) mass is 285 g/mol. The second kappa shape index (κ2) is 7.53. The highest BCUT2D eigenvalue weighted by Crippen LogP contribution is 2.20. The van der Waals surface area contributed by atoms with Crippen molar-refractivity contribution in [1.82, 2.24) is 4.98 Å². The molecule has 4 nitrogen and oxygen atoms in total. The Kier molecular flexibility index (Phi) is 5.43. The molecule has 1 heterocycles. The first-order valence-electron chi connectivity index (χ1n) is 7.42. The fraction of sp³-hybridized carbons (Fsp3) is 0.353. The van der Waals surface area contributed by atoms with E-state index in [1.165, 1.54) is 0 Å². The number of aromatic nitrogens is 1. The zero-order valence-electron chi connectivity index (χ0n) is 12.9. The van der Waals surface area contributed by atoms with Crippen LogP contribution in [0, 0.1) is 0 Å². The van der Waals surface area contributed by atoms with Crippen LogP contribution in [0.1, 0.15) is 27.2 Å². The minimum absolute atomic E-state index is 0.187. The van der Waals surface area contributed by atoms with Gasteiger partial charge in [0.15, 0.2) is 0 Å². The van der Waals surface area contributed by atoms with E-state index in [0.29, 0.717) is 0 Å². The lowest BCUT2D eigenvalue weighted by atomic mass is 10.3. The molecule has 0 saturated heterocycles. The molecule has 1 aromatic heterocycles. The van der Waals surface area contributed by atoms with Gasteiger partial charge >= 0.3 is 0 Å². The summed E-state index contributed by atoms with van der Waals surface area (Å²) in [7, 11) is 0. The molecule has 2 rings (SSSR count). The van der Waals surface area contributed by atoms with E-state index in [1.807, 2.05) is 56.3 Å². The fourth-order valence-corrected chi connectivity index (χ4v) is 1.89. The van der Waals surface area contributed by atoms with Crippen molar-refractivity contribution in [2.45, 2.75) is 33.3 Å². The summed E-state index contributed by atoms with van der Waals surface area (Å²) in [6.07, 6.45) is 1.27. The molecule has 0 bridgehead atoms. The van der Waals surface area contributed by atoms with Gasteiger partial charge in [-0.2, -0.15) is 0 Å². The second-order valence-corrected chi connectivity index (χ2v) is 5.15. The Hall–Kier alpha value is -2.23. The molecule has 1 aromatic carbocycles. The van der Waals surface area contributed by atoms with Crippen LogP contribution in [0.4, 0.5) is 17.3 Å². The Balaban J connectivity index is 2.00. The molecule has 0 fully saturated rings. The van der Waals surface area contributed by atoms with Crippen molar-refractivity contribution < 1.29 is 4.74 Å². The molecule has 2 aromatic rings. The fourth-order valence-electron chi connectivity index (χ4n) is 1.89. The number of anilines is 3. The van der Waals surface area contributed by atoms with Crippen molar-refractivity contribution in [2.75, 3.05) is 17.2 Å². The van der Waals surface area contributed by atoms with Crippen molar-refractivity contribution in [3.63, 3.8) is 0 Å². The summed E-state index contributed by atoms with van der Waals surface area (Å²) >= 11 is 0. The van der Waals surface area contributed by atoms with Crippen molar-refractivity contribution in [1.29, 1.82) is 0 Å². The van der Waals surface area contributed by atoms with Gasteiger partial charge in [0.1, 0.15) is 17.4 Å². The Labute approximate surface area is 126 Å². The van der Waals surface area contributed by atoms with Crippen LogP contribution in [0.25, 0.3) is 0 Å². The van der Waals surface area contributed by atoms with E-state index in [-0.39, 0.29) is 6.10 Å². The van der Waals surface area contributed by atoms with Gasteiger partial charge in [-0.25, -0.2) is 4.98 Å². The maximum Gasteiger partial charge on any atom is 0.132 e. The molecule has 0 saturated carbocycles. The normalized spacial score (nSPS) is 10.5. The van der Waals surface area contributed by atoms with Gasteiger partial charge in [0.05, 0.1) is 6.10 Å². The van der Waals surface area contributed by atoms with Gasteiger partial charge in [0, 0.05) is 12.2 Å². The van der Waals surface area contributed by atoms with Gasteiger partial charge in [0.25, 0.3) is 0 Å². The Bertz CT molecular complexity index is 552. The third kappa shape index (κ3) is 4.99. The Morgan fingerprint density at radius 1 is 1.05 bits per heavy atom. The summed E-state index contributed by atoms with van der Waals surface area (Å²) in [6.45, 7) is 7.10. The van der Waals surface area contributed by atoms with Gasteiger partial charge in [-0.1, -0.05) is 13.0 Å². The molecule has 0 radical (unpaired) electrons. The van der Waals surface area contributed by atoms with Crippen LogP contribution in [0.5, 0.6) is 5.75 Å². The summed E-state index contributed by atoms with van der Waals surface area (Å²) in [6, 6.07) is 13.8. The minimum Gasteiger partial charge on any atom is -0.491 e. The number of benzene rings is 1. The molecule has 0 atom stereocenters. The van der Waals surface area contributed by atoms with E-state index in [9.17, 15) is 0 Å². The highest BCUT2D eigenvalue weighted by molar-refractivity contribution is 5.58. The van der Waals surface area contributed by atoms with E-state index in [4.69, 9.17) is 4.74 Å². The average Bonchev–Trinajstić information content (AvgIpc) is 2.47. The highest BCUT2D eigenvalue weighted by atomic mass is 16.5. The molecule has 4 heteroatoms. The predicted molar refractivity (Wildman–Crippen MR) is 88.5 cm³/mol. The smallest absolute Gasteiger partial charge is 0.132 e. The Morgan fingerprint density at radius 3 is 2.43 bits per heavy atom. The molecule has 0 unspecified atom stereocenters. The number of pyridine rings is 1. The van der Waals surface area contributed by atoms with Gasteiger partial charge in [0.2, 0.25) is 0 Å². The van der Waals surface area contributed by atoms with E-state index >= 15 is 0 Å². The van der Waals surface area contributed by atoms with E-state index in [0.717, 1.165) is 36.0 Å². The molecule has 112 valence electrons. The number of hydrogen-bond acceptors (Lipinski definition) is 4. The molecule has 0 amide bonds. The molecule has 0 aliphatic rings. The van der Waals surface area contributed by atoms with Gasteiger partial charge in [-0.15, -0.1) is 0 Å². The Morgan fingerprint density at radius 2 is 1.76 bits per heavy atom. The number of hydrogen-bond donors (Lipinski definition) is 2. The van der Waals surface area contributed by atoms with Crippen molar-refractivity contribution in [3.8, 4) is 5.75 Å². The molecule has 0 aliphatic heterocycles. The maximum absolute atomic E-state index is 5.63. The molecule has 21 heavy (non-hydrogen) atoms. The zero-order valence-corrected chi connectivity index (χ0v) is 12.9. The molecule has 0 aliphatic carbocycles. The minimum atomic E-state index is 0.187. The average molecular weight is 285 g/mol.